The molecule has 0 aliphatic rings. The van der Waals surface area contributed by atoms with Gasteiger partial charge in [-0.2, -0.15) is 0 Å². The fraction of sp³-hybridized carbons (Fsp3) is 0.750. The molecule has 0 fully saturated rings. The Hall–Kier alpha value is 0.660. The maximum atomic E-state index is 8.61. The molecule has 0 rings (SSSR count). The third-order valence-electron chi connectivity index (χ3n) is 0.291. The van der Waals surface area contributed by atoms with Gasteiger partial charge in [0.05, 0.1) is 0 Å². The zero-order valence-corrected chi connectivity index (χ0v) is 6.05. The van der Waals surface area contributed by atoms with Gasteiger partial charge in [-0.05, 0) is 6.92 Å². The van der Waals surface area contributed by atoms with Crippen molar-refractivity contribution in [2.75, 3.05) is 0 Å². The summed E-state index contributed by atoms with van der Waals surface area (Å²) in [6.45, 7) is 3.70. The van der Waals surface area contributed by atoms with Crippen molar-refractivity contribution in [3.8, 4) is 0 Å². The van der Waals surface area contributed by atoms with Gasteiger partial charge in [0, 0.05) is 5.75 Å². The van der Waals surface area contributed by atoms with Crippen LogP contribution in [0.3, 0.4) is 0 Å². The van der Waals surface area contributed by atoms with Crippen molar-refractivity contribution in [3.05, 3.63) is 5.75 Å². The number of rotatable bonds is 3. The third kappa shape index (κ3) is 6.66. The summed E-state index contributed by atoms with van der Waals surface area (Å²) in [6, 6.07) is 0. The molecule has 0 saturated heterocycles. The Morgan fingerprint density at radius 2 is 2.29 bits per heavy atom. The van der Waals surface area contributed by atoms with Gasteiger partial charge >= 0.3 is 0 Å². The minimum absolute atomic E-state index is 0.249. The minimum atomic E-state index is -0.249. The van der Waals surface area contributed by atoms with Gasteiger partial charge in [-0.3, -0.25) is 0 Å². The zero-order valence-electron chi connectivity index (χ0n) is 4.42. The Morgan fingerprint density at radius 1 is 1.71 bits per heavy atom. The molecule has 0 saturated carbocycles. The highest BCUT2D eigenvalue weighted by atomic mass is 33.1. The quantitative estimate of drug-likeness (QED) is 0.474. The first-order valence-corrected chi connectivity index (χ1v) is 4.33. The van der Waals surface area contributed by atoms with Crippen LogP contribution in [-0.4, -0.2) is 10.5 Å². The van der Waals surface area contributed by atoms with Crippen molar-refractivity contribution in [3.63, 3.8) is 0 Å². The molecule has 1 unspecified atom stereocenters. The molecule has 43 valence electrons. The van der Waals surface area contributed by atoms with E-state index in [2.05, 4.69) is 0 Å². The van der Waals surface area contributed by atoms with Crippen LogP contribution >= 0.6 is 21.6 Å². The summed E-state index contributed by atoms with van der Waals surface area (Å²) in [4.78, 5) is 0. The summed E-state index contributed by atoms with van der Waals surface area (Å²) >= 11 is 0. The molecule has 0 heterocycles. The van der Waals surface area contributed by atoms with Crippen molar-refractivity contribution in [1.29, 1.82) is 0 Å². The highest BCUT2D eigenvalue weighted by Crippen LogP contribution is 2.26. The number of aliphatic hydroxyl groups excluding tert-OH is 1. The van der Waals surface area contributed by atoms with Crippen LogP contribution < -0.4 is 0 Å². The van der Waals surface area contributed by atoms with Gasteiger partial charge in [0.1, 0.15) is 5.44 Å². The van der Waals surface area contributed by atoms with Gasteiger partial charge in [-0.1, -0.05) is 28.5 Å². The van der Waals surface area contributed by atoms with E-state index in [9.17, 15) is 0 Å². The lowest BCUT2D eigenvalue weighted by molar-refractivity contribution is 0.285. The second-order valence-corrected chi connectivity index (χ2v) is 3.72. The molecule has 0 aliphatic heterocycles. The molecule has 3 heteroatoms. The molecule has 1 N–H and O–H groups in total. The Kier molecular flexibility index (Phi) is 5.26. The third-order valence-corrected chi connectivity index (χ3v) is 2.62. The average molecular weight is 137 g/mol. The van der Waals surface area contributed by atoms with E-state index in [1.807, 2.05) is 12.7 Å². The smallest absolute Gasteiger partial charge is 0.106 e. The maximum absolute atomic E-state index is 8.61. The van der Waals surface area contributed by atoms with E-state index < -0.39 is 0 Å². The molecule has 0 aromatic carbocycles. The second-order valence-electron chi connectivity index (χ2n) is 1.03. The maximum Gasteiger partial charge on any atom is 0.106 e. The van der Waals surface area contributed by atoms with Crippen molar-refractivity contribution in [2.24, 2.45) is 0 Å². The molecule has 7 heavy (non-hydrogen) atoms. The van der Waals surface area contributed by atoms with Gasteiger partial charge in [-0.25, -0.2) is 0 Å². The van der Waals surface area contributed by atoms with E-state index in [1.165, 1.54) is 10.8 Å². The average Bonchev–Trinajstić information content (AvgIpc) is 1.61. The SMILES string of the molecule is C[CH]SSC(C)O. The van der Waals surface area contributed by atoms with E-state index in [-0.39, 0.29) is 5.44 Å². The summed E-state index contributed by atoms with van der Waals surface area (Å²) < 4.78 is 0. The predicted octanol–water partition coefficient (Wildman–Crippen LogP) is 1.89. The van der Waals surface area contributed by atoms with Crippen molar-refractivity contribution >= 4 is 21.6 Å². The van der Waals surface area contributed by atoms with Crippen molar-refractivity contribution in [1.82, 2.24) is 0 Å². The van der Waals surface area contributed by atoms with Gasteiger partial charge in [-0.15, -0.1) is 0 Å². The zero-order chi connectivity index (χ0) is 5.70. The van der Waals surface area contributed by atoms with E-state index in [0.29, 0.717) is 0 Å². The molecule has 0 aromatic rings. The van der Waals surface area contributed by atoms with Crippen LogP contribution in [0.1, 0.15) is 13.8 Å². The second kappa shape index (κ2) is 4.81. The molecule has 0 bridgehead atoms. The molecule has 0 aromatic heterocycles. The highest BCUT2D eigenvalue weighted by Gasteiger charge is 1.91. The first-order chi connectivity index (χ1) is 3.27. The van der Waals surface area contributed by atoms with Gasteiger partial charge in [0.2, 0.25) is 0 Å². The van der Waals surface area contributed by atoms with Gasteiger partial charge in [0.15, 0.2) is 0 Å². The standard InChI is InChI=1S/C4H9OS2/c1-3-6-7-4(2)5/h3-5H,1-2H3. The summed E-state index contributed by atoms with van der Waals surface area (Å²) in [5, 5.41) is 8.61. The first kappa shape index (κ1) is 7.66. The Balaban J connectivity index is 2.68. The van der Waals surface area contributed by atoms with Crippen LogP contribution in [0.2, 0.25) is 0 Å². The molecule has 1 nitrogen and oxygen atoms in total. The van der Waals surface area contributed by atoms with Crippen LogP contribution in [0.5, 0.6) is 0 Å². The lowest BCUT2D eigenvalue weighted by Gasteiger charge is -1.97. The fourth-order valence-corrected chi connectivity index (χ4v) is 1.22. The van der Waals surface area contributed by atoms with Crippen molar-refractivity contribution < 1.29 is 5.11 Å². The molecule has 1 radical (unpaired) electrons. The summed E-state index contributed by atoms with van der Waals surface area (Å²) in [5.74, 6) is 1.94. The molecule has 1 atom stereocenters. The lowest BCUT2D eigenvalue weighted by Crippen LogP contribution is -1.85. The van der Waals surface area contributed by atoms with Crippen LogP contribution in [0.25, 0.3) is 0 Å². The molecule has 0 aliphatic carbocycles. The van der Waals surface area contributed by atoms with E-state index in [1.54, 1.807) is 17.7 Å². The summed E-state index contributed by atoms with van der Waals surface area (Å²) in [5.41, 5.74) is -0.249. The Bertz CT molecular complexity index is 38.7. The van der Waals surface area contributed by atoms with Gasteiger partial charge in [0.25, 0.3) is 0 Å². The topological polar surface area (TPSA) is 20.2 Å². The highest BCUT2D eigenvalue weighted by molar-refractivity contribution is 8.77. The first-order valence-electron chi connectivity index (χ1n) is 2.05. The lowest BCUT2D eigenvalue weighted by atomic mass is 10.9. The largest absolute Gasteiger partial charge is 0.382 e. The predicted molar refractivity (Wildman–Crippen MR) is 36.8 cm³/mol. The summed E-state index contributed by atoms with van der Waals surface area (Å²) in [6.07, 6.45) is 0. The van der Waals surface area contributed by atoms with Crippen LogP contribution in [0, 0.1) is 5.75 Å². The number of hydrogen-bond acceptors (Lipinski definition) is 3. The Labute approximate surface area is 52.3 Å². The molecule has 0 amide bonds. The Morgan fingerprint density at radius 3 is 2.43 bits per heavy atom. The van der Waals surface area contributed by atoms with Gasteiger partial charge < -0.3 is 5.11 Å². The van der Waals surface area contributed by atoms with E-state index >= 15 is 0 Å². The number of hydrogen-bond donors (Lipinski definition) is 1. The van der Waals surface area contributed by atoms with Crippen molar-refractivity contribution in [2.45, 2.75) is 19.3 Å². The number of aliphatic hydroxyl groups is 1. The van der Waals surface area contributed by atoms with Crippen LogP contribution in [0.4, 0.5) is 0 Å². The molecular formula is C4H9OS2. The molecule has 0 spiro atoms. The summed E-state index contributed by atoms with van der Waals surface area (Å²) in [7, 11) is 3.01. The van der Waals surface area contributed by atoms with Crippen LogP contribution in [-0.2, 0) is 0 Å². The van der Waals surface area contributed by atoms with E-state index in [0.717, 1.165) is 0 Å². The molecular weight excluding hydrogens is 128 g/mol. The normalized spacial score (nSPS) is 14.1. The minimum Gasteiger partial charge on any atom is -0.382 e. The van der Waals surface area contributed by atoms with E-state index in [4.69, 9.17) is 5.11 Å². The monoisotopic (exact) mass is 137 g/mol. The fourth-order valence-electron chi connectivity index (χ4n) is 0.136. The van der Waals surface area contributed by atoms with Crippen LogP contribution in [0.15, 0.2) is 0 Å².